The second-order valence-corrected chi connectivity index (χ2v) is 6.90. The van der Waals surface area contributed by atoms with Crippen LogP contribution in [0.5, 0.6) is 0 Å². The van der Waals surface area contributed by atoms with Crippen LogP contribution in [0.1, 0.15) is 33.3 Å². The number of hydrogen-bond acceptors (Lipinski definition) is 3. The lowest BCUT2D eigenvalue weighted by Gasteiger charge is -2.25. The molecule has 1 atom stereocenters. The number of hydrogen-bond donors (Lipinski definition) is 0. The average Bonchev–Trinajstić information content (AvgIpc) is 3.02. The summed E-state index contributed by atoms with van der Waals surface area (Å²) in [5, 5.41) is 0.497. The van der Waals surface area contributed by atoms with Gasteiger partial charge in [0.15, 0.2) is 5.43 Å². The van der Waals surface area contributed by atoms with E-state index in [0.29, 0.717) is 23.1 Å². The van der Waals surface area contributed by atoms with Crippen LogP contribution in [0.3, 0.4) is 0 Å². The normalized spacial score (nSPS) is 15.8. The molecule has 3 aromatic carbocycles. The maximum absolute atomic E-state index is 13.3. The minimum absolute atomic E-state index is 0.144. The molecule has 0 bridgehead atoms. The first-order valence-corrected chi connectivity index (χ1v) is 9.19. The molecule has 1 amide bonds. The maximum Gasteiger partial charge on any atom is 0.291 e. The summed E-state index contributed by atoms with van der Waals surface area (Å²) in [5.41, 5.74) is 2.61. The Morgan fingerprint density at radius 1 is 0.786 bits per heavy atom. The Labute approximate surface area is 161 Å². The number of amides is 1. The van der Waals surface area contributed by atoms with E-state index in [0.717, 1.165) is 11.1 Å². The van der Waals surface area contributed by atoms with Gasteiger partial charge in [0.05, 0.1) is 17.0 Å². The lowest BCUT2D eigenvalue weighted by atomic mass is 9.98. The van der Waals surface area contributed by atoms with Crippen LogP contribution in [-0.2, 0) is 6.54 Å². The zero-order chi connectivity index (χ0) is 19.1. The van der Waals surface area contributed by atoms with Gasteiger partial charge in [-0.1, -0.05) is 72.8 Å². The van der Waals surface area contributed by atoms with Gasteiger partial charge in [0, 0.05) is 6.54 Å². The highest BCUT2D eigenvalue weighted by molar-refractivity contribution is 5.99. The SMILES string of the molecule is O=C1c2oc3ccccc3c(=O)c2[C@H](c2ccccc2)N1Cc1ccccc1. The Morgan fingerprint density at radius 3 is 2.18 bits per heavy atom. The van der Waals surface area contributed by atoms with E-state index in [4.69, 9.17) is 4.42 Å². The molecule has 1 aliphatic rings. The Balaban J connectivity index is 1.74. The summed E-state index contributed by atoms with van der Waals surface area (Å²) < 4.78 is 5.93. The molecule has 0 aliphatic carbocycles. The van der Waals surface area contributed by atoms with Crippen LogP contribution in [0.15, 0.2) is 94.1 Å². The minimum atomic E-state index is -0.468. The molecule has 0 saturated heterocycles. The van der Waals surface area contributed by atoms with Crippen LogP contribution >= 0.6 is 0 Å². The van der Waals surface area contributed by atoms with Crippen LogP contribution in [0.2, 0.25) is 0 Å². The first-order valence-electron chi connectivity index (χ1n) is 9.19. The summed E-state index contributed by atoms with van der Waals surface area (Å²) in [6, 6.07) is 26.0. The zero-order valence-corrected chi connectivity index (χ0v) is 15.0. The van der Waals surface area contributed by atoms with Crippen LogP contribution < -0.4 is 5.43 Å². The molecule has 0 N–H and O–H groups in total. The molecule has 1 aliphatic heterocycles. The second kappa shape index (κ2) is 6.50. The highest BCUT2D eigenvalue weighted by Crippen LogP contribution is 2.38. The van der Waals surface area contributed by atoms with Gasteiger partial charge >= 0.3 is 0 Å². The van der Waals surface area contributed by atoms with Crippen molar-refractivity contribution in [1.82, 2.24) is 4.90 Å². The highest BCUT2D eigenvalue weighted by Gasteiger charge is 2.42. The predicted octanol–water partition coefficient (Wildman–Crippen LogP) is 4.54. The van der Waals surface area contributed by atoms with E-state index in [1.807, 2.05) is 66.7 Å². The summed E-state index contributed by atoms with van der Waals surface area (Å²) in [6.07, 6.45) is 0. The monoisotopic (exact) mass is 367 g/mol. The van der Waals surface area contributed by atoms with Gasteiger partial charge in [-0.05, 0) is 23.3 Å². The quantitative estimate of drug-likeness (QED) is 0.534. The molecule has 4 aromatic rings. The van der Waals surface area contributed by atoms with Gasteiger partial charge in [0.25, 0.3) is 5.91 Å². The molecule has 2 heterocycles. The van der Waals surface area contributed by atoms with Crippen molar-refractivity contribution in [1.29, 1.82) is 0 Å². The van der Waals surface area contributed by atoms with Gasteiger partial charge < -0.3 is 9.32 Å². The Morgan fingerprint density at radius 2 is 1.43 bits per heavy atom. The van der Waals surface area contributed by atoms with E-state index < -0.39 is 6.04 Å². The smallest absolute Gasteiger partial charge is 0.291 e. The van der Waals surface area contributed by atoms with Gasteiger partial charge in [0.2, 0.25) is 5.76 Å². The lowest BCUT2D eigenvalue weighted by Crippen LogP contribution is -2.29. The molecule has 0 radical (unpaired) electrons. The zero-order valence-electron chi connectivity index (χ0n) is 15.0. The van der Waals surface area contributed by atoms with E-state index in [2.05, 4.69) is 0 Å². The number of carbonyl (C=O) groups excluding carboxylic acids is 1. The van der Waals surface area contributed by atoms with Crippen molar-refractivity contribution in [3.63, 3.8) is 0 Å². The molecule has 0 saturated carbocycles. The molecular weight excluding hydrogens is 350 g/mol. The van der Waals surface area contributed by atoms with Crippen LogP contribution in [0, 0.1) is 0 Å². The molecule has 1 aromatic heterocycles. The number of fused-ring (bicyclic) bond motifs is 2. The van der Waals surface area contributed by atoms with E-state index in [-0.39, 0.29) is 17.1 Å². The number of nitrogens with zero attached hydrogens (tertiary/aromatic N) is 1. The van der Waals surface area contributed by atoms with E-state index in [1.54, 1.807) is 23.1 Å². The van der Waals surface area contributed by atoms with Crippen LogP contribution in [0.4, 0.5) is 0 Å². The molecule has 0 fully saturated rings. The molecule has 0 spiro atoms. The summed E-state index contributed by atoms with van der Waals surface area (Å²) in [5.74, 6) is -0.107. The van der Waals surface area contributed by atoms with Crippen LogP contribution in [-0.4, -0.2) is 10.8 Å². The fraction of sp³-hybridized carbons (Fsp3) is 0.0833. The van der Waals surface area contributed by atoms with Crippen molar-refractivity contribution in [2.45, 2.75) is 12.6 Å². The van der Waals surface area contributed by atoms with Gasteiger partial charge in [-0.15, -0.1) is 0 Å². The molecule has 0 unspecified atom stereocenters. The van der Waals surface area contributed by atoms with Crippen molar-refractivity contribution in [3.8, 4) is 0 Å². The number of benzene rings is 3. The lowest BCUT2D eigenvalue weighted by molar-refractivity contribution is 0.0714. The van der Waals surface area contributed by atoms with Crippen molar-refractivity contribution < 1.29 is 9.21 Å². The van der Waals surface area contributed by atoms with Crippen molar-refractivity contribution >= 4 is 16.9 Å². The molecule has 4 nitrogen and oxygen atoms in total. The number of carbonyl (C=O) groups is 1. The standard InChI is InChI=1S/C24H17NO3/c26-22-18-13-7-8-14-19(18)28-23-20(22)21(17-11-5-2-6-12-17)25(24(23)27)15-16-9-3-1-4-10-16/h1-14,21H,15H2/t21-/m0/s1. The van der Waals surface area contributed by atoms with E-state index in [1.165, 1.54) is 0 Å². The number of rotatable bonds is 3. The molecule has 5 rings (SSSR count). The fourth-order valence-electron chi connectivity index (χ4n) is 3.89. The summed E-state index contributed by atoms with van der Waals surface area (Å²) >= 11 is 0. The Hall–Kier alpha value is -3.66. The predicted molar refractivity (Wildman–Crippen MR) is 107 cm³/mol. The molecular formula is C24H17NO3. The second-order valence-electron chi connectivity index (χ2n) is 6.90. The summed E-state index contributed by atoms with van der Waals surface area (Å²) in [4.78, 5) is 28.3. The van der Waals surface area contributed by atoms with E-state index in [9.17, 15) is 9.59 Å². The number of para-hydroxylation sites is 1. The van der Waals surface area contributed by atoms with Crippen molar-refractivity contribution in [2.24, 2.45) is 0 Å². The minimum Gasteiger partial charge on any atom is -0.450 e. The topological polar surface area (TPSA) is 50.5 Å². The molecule has 4 heteroatoms. The maximum atomic E-state index is 13.3. The van der Waals surface area contributed by atoms with Crippen LogP contribution in [0.25, 0.3) is 11.0 Å². The Bertz CT molecular complexity index is 1230. The highest BCUT2D eigenvalue weighted by atomic mass is 16.3. The average molecular weight is 367 g/mol. The molecule has 28 heavy (non-hydrogen) atoms. The fourth-order valence-corrected chi connectivity index (χ4v) is 3.89. The van der Waals surface area contributed by atoms with Crippen molar-refractivity contribution in [3.05, 3.63) is 118 Å². The third-order valence-electron chi connectivity index (χ3n) is 5.18. The Kier molecular flexibility index (Phi) is 3.83. The van der Waals surface area contributed by atoms with Gasteiger partial charge in [-0.3, -0.25) is 9.59 Å². The third-order valence-corrected chi connectivity index (χ3v) is 5.18. The van der Waals surface area contributed by atoms with Gasteiger partial charge in [0.1, 0.15) is 5.58 Å². The summed E-state index contributed by atoms with van der Waals surface area (Å²) in [7, 11) is 0. The largest absolute Gasteiger partial charge is 0.450 e. The first kappa shape index (κ1) is 16.5. The van der Waals surface area contributed by atoms with Crippen molar-refractivity contribution in [2.75, 3.05) is 0 Å². The summed E-state index contributed by atoms with van der Waals surface area (Å²) in [6.45, 7) is 0.402. The van der Waals surface area contributed by atoms with Gasteiger partial charge in [-0.25, -0.2) is 0 Å². The van der Waals surface area contributed by atoms with E-state index >= 15 is 0 Å². The first-order chi connectivity index (χ1) is 13.7. The van der Waals surface area contributed by atoms with Gasteiger partial charge in [-0.2, -0.15) is 0 Å². The molecule has 136 valence electrons. The third kappa shape index (κ3) is 2.54.